The van der Waals surface area contributed by atoms with E-state index in [2.05, 4.69) is 4.98 Å². The lowest BCUT2D eigenvalue weighted by Crippen LogP contribution is -2.61. The third-order valence-electron chi connectivity index (χ3n) is 6.61. The van der Waals surface area contributed by atoms with Gasteiger partial charge in [-0.1, -0.05) is 43.5 Å². The number of hydrogen-bond donors (Lipinski definition) is 1. The highest BCUT2D eigenvalue weighted by atomic mass is 16.5. The lowest BCUT2D eigenvalue weighted by Gasteiger charge is -2.41. The first-order valence-electron chi connectivity index (χ1n) is 11.3. The number of carbonyl (C=O) groups excluding carboxylic acids is 2. The van der Waals surface area contributed by atoms with Crippen molar-refractivity contribution in [3.05, 3.63) is 54.4 Å². The monoisotopic (exact) mass is 421 g/mol. The molecule has 164 valence electrons. The Bertz CT molecular complexity index is 911. The number of hydrogen-bond acceptors (Lipinski definition) is 4. The van der Waals surface area contributed by atoms with Crippen LogP contribution >= 0.6 is 0 Å². The van der Waals surface area contributed by atoms with Crippen LogP contribution < -0.4 is 5.73 Å². The summed E-state index contributed by atoms with van der Waals surface area (Å²) in [5.74, 6) is 0.0625. The second-order valence-corrected chi connectivity index (χ2v) is 8.84. The molecule has 1 aliphatic heterocycles. The number of nitrogens with zero attached hydrogens (tertiary/aromatic N) is 2. The summed E-state index contributed by atoms with van der Waals surface area (Å²) in [7, 11) is 0. The van der Waals surface area contributed by atoms with E-state index in [9.17, 15) is 9.59 Å². The van der Waals surface area contributed by atoms with Gasteiger partial charge in [-0.2, -0.15) is 0 Å². The zero-order valence-electron chi connectivity index (χ0n) is 18.0. The molecule has 2 fully saturated rings. The number of nitrogens with two attached hydrogens (primary N) is 1. The van der Waals surface area contributed by atoms with Gasteiger partial charge in [0.05, 0.1) is 13.2 Å². The summed E-state index contributed by atoms with van der Waals surface area (Å²) < 4.78 is 5.97. The summed E-state index contributed by atoms with van der Waals surface area (Å²) in [4.78, 5) is 31.4. The first-order chi connectivity index (χ1) is 15.1. The van der Waals surface area contributed by atoms with Crippen molar-refractivity contribution in [1.29, 1.82) is 0 Å². The molecule has 2 heterocycles. The van der Waals surface area contributed by atoms with Crippen molar-refractivity contribution in [2.24, 2.45) is 11.7 Å². The topological polar surface area (TPSA) is 85.5 Å². The quantitative estimate of drug-likeness (QED) is 0.775. The fraction of sp³-hybridized carbons (Fsp3) is 0.480. The molecule has 6 heteroatoms. The van der Waals surface area contributed by atoms with Gasteiger partial charge in [0.15, 0.2) is 5.60 Å². The standard InChI is InChI=1S/C25H31N3O3/c26-24(30)25(17-20-7-4-8-22(15-20)21-9-11-27-12-10-21)18-28(13-14-31-25)23(29)16-19-5-2-1-3-6-19/h4,7-12,15,19H,1-3,5-6,13-14,16-18H2,(H2,26,30)/t25-/m1/s1. The van der Waals surface area contributed by atoms with Gasteiger partial charge >= 0.3 is 0 Å². The molecule has 0 unspecified atom stereocenters. The van der Waals surface area contributed by atoms with Gasteiger partial charge in [0.25, 0.3) is 5.91 Å². The van der Waals surface area contributed by atoms with Crippen molar-refractivity contribution in [2.45, 2.75) is 50.5 Å². The molecule has 2 N–H and O–H groups in total. The van der Waals surface area contributed by atoms with E-state index < -0.39 is 11.5 Å². The Balaban J connectivity index is 1.49. The highest BCUT2D eigenvalue weighted by Crippen LogP contribution is 2.30. The van der Waals surface area contributed by atoms with Gasteiger partial charge in [-0.3, -0.25) is 14.6 Å². The fourth-order valence-electron chi connectivity index (χ4n) is 4.84. The van der Waals surface area contributed by atoms with Crippen LogP contribution in [0.25, 0.3) is 11.1 Å². The maximum absolute atomic E-state index is 13.0. The van der Waals surface area contributed by atoms with Gasteiger partial charge in [-0.15, -0.1) is 0 Å². The molecular formula is C25H31N3O3. The van der Waals surface area contributed by atoms with E-state index in [4.69, 9.17) is 10.5 Å². The first-order valence-corrected chi connectivity index (χ1v) is 11.3. The Morgan fingerprint density at radius 3 is 2.61 bits per heavy atom. The summed E-state index contributed by atoms with van der Waals surface area (Å²) in [6, 6.07) is 11.9. The largest absolute Gasteiger partial charge is 0.367 e. The predicted octanol–water partition coefficient (Wildman–Crippen LogP) is 3.34. The minimum atomic E-state index is -1.20. The van der Waals surface area contributed by atoms with Gasteiger partial charge in [-0.05, 0) is 47.6 Å². The Hall–Kier alpha value is -2.73. The number of amides is 2. The molecule has 1 saturated carbocycles. The molecule has 2 amide bonds. The lowest BCUT2D eigenvalue weighted by atomic mass is 9.86. The number of ether oxygens (including phenoxy) is 1. The highest BCUT2D eigenvalue weighted by molar-refractivity contribution is 5.86. The molecule has 4 rings (SSSR count). The fourth-order valence-corrected chi connectivity index (χ4v) is 4.84. The number of morpholine rings is 1. The molecule has 6 nitrogen and oxygen atoms in total. The maximum Gasteiger partial charge on any atom is 0.251 e. The van der Waals surface area contributed by atoms with Crippen LogP contribution in [0.4, 0.5) is 0 Å². The highest BCUT2D eigenvalue weighted by Gasteiger charge is 2.44. The molecule has 1 atom stereocenters. The number of benzene rings is 1. The molecular weight excluding hydrogens is 390 g/mol. The van der Waals surface area contributed by atoms with E-state index >= 15 is 0 Å². The molecule has 2 aromatic rings. The first kappa shape index (κ1) is 21.5. The Labute approximate surface area is 183 Å². The SMILES string of the molecule is NC(=O)[C@@]1(Cc2cccc(-c3ccncc3)c2)CN(C(=O)CC2CCCCC2)CCO1. The van der Waals surface area contributed by atoms with E-state index in [-0.39, 0.29) is 12.5 Å². The molecule has 31 heavy (non-hydrogen) atoms. The molecule has 1 aliphatic carbocycles. The van der Waals surface area contributed by atoms with Crippen molar-refractivity contribution in [3.8, 4) is 11.1 Å². The predicted molar refractivity (Wildman–Crippen MR) is 119 cm³/mol. The number of aromatic nitrogens is 1. The van der Waals surface area contributed by atoms with Crippen LogP contribution in [0, 0.1) is 5.92 Å². The number of primary amides is 1. The van der Waals surface area contributed by atoms with Crippen LogP contribution in [0.3, 0.4) is 0 Å². The Morgan fingerprint density at radius 2 is 1.87 bits per heavy atom. The normalized spacial score (nSPS) is 22.3. The zero-order valence-corrected chi connectivity index (χ0v) is 18.0. The molecule has 0 bridgehead atoms. The second-order valence-electron chi connectivity index (χ2n) is 8.84. The third-order valence-corrected chi connectivity index (χ3v) is 6.61. The maximum atomic E-state index is 13.0. The average molecular weight is 422 g/mol. The van der Waals surface area contributed by atoms with Gasteiger partial charge in [0.1, 0.15) is 0 Å². The van der Waals surface area contributed by atoms with E-state index in [1.807, 2.05) is 36.4 Å². The number of rotatable bonds is 6. The van der Waals surface area contributed by atoms with Crippen molar-refractivity contribution >= 4 is 11.8 Å². The van der Waals surface area contributed by atoms with Crippen molar-refractivity contribution in [2.75, 3.05) is 19.7 Å². The summed E-state index contributed by atoms with van der Waals surface area (Å²) in [6.07, 6.45) is 10.4. The zero-order chi connectivity index (χ0) is 21.7. The van der Waals surface area contributed by atoms with Crippen LogP contribution in [-0.4, -0.2) is 47.0 Å². The third kappa shape index (κ3) is 5.13. The molecule has 1 aromatic heterocycles. The van der Waals surface area contributed by atoms with Gasteiger partial charge in [0, 0.05) is 31.8 Å². The second kappa shape index (κ2) is 9.60. The molecule has 0 spiro atoms. The summed E-state index contributed by atoms with van der Waals surface area (Å²) in [5, 5.41) is 0. The lowest BCUT2D eigenvalue weighted by molar-refractivity contribution is -0.164. The van der Waals surface area contributed by atoms with E-state index in [0.717, 1.165) is 29.5 Å². The van der Waals surface area contributed by atoms with Gasteiger partial charge in [0.2, 0.25) is 5.91 Å². The van der Waals surface area contributed by atoms with Crippen molar-refractivity contribution in [1.82, 2.24) is 9.88 Å². The Morgan fingerprint density at radius 1 is 1.10 bits per heavy atom. The summed E-state index contributed by atoms with van der Waals surface area (Å²) in [5.41, 5.74) is 7.69. The van der Waals surface area contributed by atoms with Crippen LogP contribution in [0.1, 0.15) is 44.1 Å². The summed E-state index contributed by atoms with van der Waals surface area (Å²) in [6.45, 7) is 1.05. The number of carbonyl (C=O) groups is 2. The molecule has 1 saturated heterocycles. The van der Waals surface area contributed by atoms with Crippen LogP contribution in [0.2, 0.25) is 0 Å². The van der Waals surface area contributed by atoms with E-state index in [0.29, 0.717) is 31.9 Å². The van der Waals surface area contributed by atoms with Crippen LogP contribution in [0.5, 0.6) is 0 Å². The van der Waals surface area contributed by atoms with Crippen LogP contribution in [-0.2, 0) is 20.7 Å². The summed E-state index contributed by atoms with van der Waals surface area (Å²) >= 11 is 0. The minimum Gasteiger partial charge on any atom is -0.367 e. The number of pyridine rings is 1. The molecule has 1 aromatic carbocycles. The smallest absolute Gasteiger partial charge is 0.251 e. The van der Waals surface area contributed by atoms with E-state index in [1.54, 1.807) is 17.3 Å². The molecule has 0 radical (unpaired) electrons. The minimum absolute atomic E-state index is 0.117. The Kier molecular flexibility index (Phi) is 6.66. The van der Waals surface area contributed by atoms with E-state index in [1.165, 1.54) is 19.3 Å². The van der Waals surface area contributed by atoms with Crippen molar-refractivity contribution < 1.29 is 14.3 Å². The van der Waals surface area contributed by atoms with Crippen LogP contribution in [0.15, 0.2) is 48.8 Å². The van der Waals surface area contributed by atoms with Crippen molar-refractivity contribution in [3.63, 3.8) is 0 Å². The average Bonchev–Trinajstić information content (AvgIpc) is 2.80. The van der Waals surface area contributed by atoms with Gasteiger partial charge < -0.3 is 15.4 Å². The van der Waals surface area contributed by atoms with Gasteiger partial charge in [-0.25, -0.2) is 0 Å². The molecule has 2 aliphatic rings.